The Labute approximate surface area is 192 Å². The van der Waals surface area contributed by atoms with E-state index in [0.29, 0.717) is 6.61 Å². The molecule has 0 rings (SSSR count). The molecule has 1 amide bonds. The Morgan fingerprint density at radius 3 is 1.45 bits per heavy atom. The molecule has 0 saturated carbocycles. The Morgan fingerprint density at radius 2 is 1.10 bits per heavy atom. The number of hydrogen-bond donors (Lipinski definition) is 0. The summed E-state index contributed by atoms with van der Waals surface area (Å²) in [6.45, 7) is 6.50. The average molecular weight is 442 g/mol. The Balaban J connectivity index is 3.54. The maximum Gasteiger partial charge on any atom is 0.409 e. The molecule has 184 valence electrons. The quantitative estimate of drug-likeness (QED) is 0.145. The number of carbonyl (C=O) groups excluding carboxylic acids is 2. The molecule has 0 aliphatic heterocycles. The van der Waals surface area contributed by atoms with Crippen LogP contribution < -0.4 is 0 Å². The highest BCUT2D eigenvalue weighted by Gasteiger charge is 2.31. The normalized spacial score (nSPS) is 12.1. The van der Waals surface area contributed by atoms with Gasteiger partial charge in [0, 0.05) is 7.05 Å². The van der Waals surface area contributed by atoms with Gasteiger partial charge < -0.3 is 9.47 Å². The van der Waals surface area contributed by atoms with Gasteiger partial charge in [0.2, 0.25) is 0 Å². The molecule has 0 heterocycles. The molecule has 0 N–H and O–H groups in total. The summed E-state index contributed by atoms with van der Waals surface area (Å²) in [4.78, 5) is 25.3. The van der Waals surface area contributed by atoms with Gasteiger partial charge in [-0.15, -0.1) is 0 Å². The summed E-state index contributed by atoms with van der Waals surface area (Å²) in [6.07, 6.45) is 20.6. The van der Waals surface area contributed by atoms with Crippen LogP contribution in [-0.4, -0.2) is 43.8 Å². The summed E-state index contributed by atoms with van der Waals surface area (Å²) in [5, 5.41) is 0. The SMILES string of the molecule is CCCCCCCCCCCCCCCCCCOC(=O)C(C(C)C)N(C)C(=O)OC. The second-order valence-electron chi connectivity index (χ2n) is 9.24. The van der Waals surface area contributed by atoms with E-state index in [1.807, 2.05) is 13.8 Å². The lowest BCUT2D eigenvalue weighted by atomic mass is 10.0. The van der Waals surface area contributed by atoms with Gasteiger partial charge in [-0.05, 0) is 12.3 Å². The van der Waals surface area contributed by atoms with Gasteiger partial charge in [-0.1, -0.05) is 117 Å². The molecule has 0 aromatic carbocycles. The highest BCUT2D eigenvalue weighted by Crippen LogP contribution is 2.15. The molecule has 0 aromatic heterocycles. The van der Waals surface area contributed by atoms with E-state index in [1.165, 1.54) is 102 Å². The number of amides is 1. The summed E-state index contributed by atoms with van der Waals surface area (Å²) in [6, 6.07) is -0.603. The van der Waals surface area contributed by atoms with E-state index in [-0.39, 0.29) is 11.9 Å². The molecule has 0 aromatic rings. The van der Waals surface area contributed by atoms with Crippen LogP contribution in [0.2, 0.25) is 0 Å². The van der Waals surface area contributed by atoms with Crippen molar-refractivity contribution in [1.29, 1.82) is 0 Å². The highest BCUT2D eigenvalue weighted by molar-refractivity contribution is 5.81. The predicted octanol–water partition coefficient (Wildman–Crippen LogP) is 7.51. The number of nitrogens with zero attached hydrogens (tertiary/aromatic N) is 1. The van der Waals surface area contributed by atoms with E-state index in [0.717, 1.165) is 12.8 Å². The number of hydrogen-bond acceptors (Lipinski definition) is 4. The predicted molar refractivity (Wildman–Crippen MR) is 129 cm³/mol. The third-order valence-corrected chi connectivity index (χ3v) is 6.00. The van der Waals surface area contributed by atoms with Crippen LogP contribution in [0.1, 0.15) is 124 Å². The van der Waals surface area contributed by atoms with Gasteiger partial charge in [0.1, 0.15) is 6.04 Å². The lowest BCUT2D eigenvalue weighted by molar-refractivity contribution is -0.150. The van der Waals surface area contributed by atoms with E-state index in [2.05, 4.69) is 6.92 Å². The molecule has 1 atom stereocenters. The van der Waals surface area contributed by atoms with Crippen LogP contribution >= 0.6 is 0 Å². The zero-order valence-corrected chi connectivity index (χ0v) is 21.3. The Bertz CT molecular complexity index is 439. The molecule has 1 unspecified atom stereocenters. The third kappa shape index (κ3) is 16.1. The number of esters is 1. The van der Waals surface area contributed by atoms with Crippen molar-refractivity contribution in [2.45, 2.75) is 130 Å². The molecule has 0 fully saturated rings. The van der Waals surface area contributed by atoms with Crippen LogP contribution in [0.25, 0.3) is 0 Å². The van der Waals surface area contributed by atoms with E-state index in [9.17, 15) is 9.59 Å². The summed E-state index contributed by atoms with van der Waals surface area (Å²) in [5.74, 6) is -0.369. The molecule has 0 spiro atoms. The topological polar surface area (TPSA) is 55.8 Å². The molecule has 0 radical (unpaired) electrons. The van der Waals surface area contributed by atoms with Crippen molar-refractivity contribution in [2.75, 3.05) is 20.8 Å². The first-order valence-corrected chi connectivity index (χ1v) is 12.9. The fourth-order valence-electron chi connectivity index (χ4n) is 4.04. The van der Waals surface area contributed by atoms with Crippen molar-refractivity contribution < 1.29 is 19.1 Å². The molecular formula is C26H51NO4. The maximum absolute atomic E-state index is 12.3. The first kappa shape index (κ1) is 29.7. The van der Waals surface area contributed by atoms with Gasteiger partial charge in [-0.3, -0.25) is 4.90 Å². The smallest absolute Gasteiger partial charge is 0.409 e. The van der Waals surface area contributed by atoms with Crippen LogP contribution in [0, 0.1) is 5.92 Å². The second kappa shape index (κ2) is 20.6. The largest absolute Gasteiger partial charge is 0.464 e. The lowest BCUT2D eigenvalue weighted by Crippen LogP contribution is -2.46. The molecule has 0 saturated heterocycles. The van der Waals surface area contributed by atoms with Gasteiger partial charge in [-0.25, -0.2) is 9.59 Å². The molecule has 31 heavy (non-hydrogen) atoms. The fraction of sp³-hybridized carbons (Fsp3) is 0.923. The first-order valence-electron chi connectivity index (χ1n) is 12.9. The summed E-state index contributed by atoms with van der Waals surface area (Å²) >= 11 is 0. The zero-order chi connectivity index (χ0) is 23.3. The summed E-state index contributed by atoms with van der Waals surface area (Å²) in [5.41, 5.74) is 0. The van der Waals surface area contributed by atoms with Gasteiger partial charge >= 0.3 is 12.1 Å². The standard InChI is InChI=1S/C26H51NO4/c1-6-7-8-9-10-11-12-13-14-15-16-17-18-19-20-21-22-31-25(28)24(23(2)3)27(4)26(29)30-5/h23-24H,6-22H2,1-5H3. The Hall–Kier alpha value is -1.26. The molecule has 0 bridgehead atoms. The van der Waals surface area contributed by atoms with Crippen LogP contribution in [0.3, 0.4) is 0 Å². The fourth-order valence-corrected chi connectivity index (χ4v) is 4.04. The number of likely N-dealkylation sites (N-methyl/N-ethyl adjacent to an activating group) is 1. The monoisotopic (exact) mass is 441 g/mol. The molecule has 0 aliphatic rings. The van der Waals surface area contributed by atoms with Gasteiger partial charge in [0.05, 0.1) is 13.7 Å². The van der Waals surface area contributed by atoms with Crippen molar-refractivity contribution in [1.82, 2.24) is 4.90 Å². The second-order valence-corrected chi connectivity index (χ2v) is 9.24. The molecular weight excluding hydrogens is 390 g/mol. The summed E-state index contributed by atoms with van der Waals surface area (Å²) in [7, 11) is 2.89. The molecule has 0 aliphatic carbocycles. The molecule has 5 heteroatoms. The molecule has 5 nitrogen and oxygen atoms in total. The average Bonchev–Trinajstić information content (AvgIpc) is 2.75. The minimum absolute atomic E-state index is 0.0256. The summed E-state index contributed by atoms with van der Waals surface area (Å²) < 4.78 is 10.1. The van der Waals surface area contributed by atoms with E-state index >= 15 is 0 Å². The number of rotatable bonds is 20. The van der Waals surface area contributed by atoms with Crippen molar-refractivity contribution >= 4 is 12.1 Å². The van der Waals surface area contributed by atoms with Gasteiger partial charge in [-0.2, -0.15) is 0 Å². The van der Waals surface area contributed by atoms with Crippen molar-refractivity contribution in [3.05, 3.63) is 0 Å². The maximum atomic E-state index is 12.3. The van der Waals surface area contributed by atoms with Crippen molar-refractivity contribution in [2.24, 2.45) is 5.92 Å². The van der Waals surface area contributed by atoms with Gasteiger partial charge in [0.15, 0.2) is 0 Å². The van der Waals surface area contributed by atoms with Crippen LogP contribution in [0.5, 0.6) is 0 Å². The minimum atomic E-state index is -0.603. The number of unbranched alkanes of at least 4 members (excludes halogenated alkanes) is 15. The lowest BCUT2D eigenvalue weighted by Gasteiger charge is -2.28. The van der Waals surface area contributed by atoms with Crippen LogP contribution in [-0.2, 0) is 14.3 Å². The van der Waals surface area contributed by atoms with E-state index in [1.54, 1.807) is 7.05 Å². The number of ether oxygens (including phenoxy) is 2. The number of carbonyl (C=O) groups is 2. The van der Waals surface area contributed by atoms with Crippen molar-refractivity contribution in [3.63, 3.8) is 0 Å². The van der Waals surface area contributed by atoms with Crippen LogP contribution in [0.15, 0.2) is 0 Å². The van der Waals surface area contributed by atoms with Crippen LogP contribution in [0.4, 0.5) is 4.79 Å². The first-order chi connectivity index (χ1) is 15.0. The minimum Gasteiger partial charge on any atom is -0.464 e. The highest BCUT2D eigenvalue weighted by atomic mass is 16.6. The van der Waals surface area contributed by atoms with Gasteiger partial charge in [0.25, 0.3) is 0 Å². The Morgan fingerprint density at radius 1 is 0.710 bits per heavy atom. The Kier molecular flexibility index (Phi) is 19.8. The third-order valence-electron chi connectivity index (χ3n) is 6.00. The number of methoxy groups -OCH3 is 1. The van der Waals surface area contributed by atoms with Crippen molar-refractivity contribution in [3.8, 4) is 0 Å². The van der Waals surface area contributed by atoms with E-state index in [4.69, 9.17) is 9.47 Å². The van der Waals surface area contributed by atoms with E-state index < -0.39 is 12.1 Å². The zero-order valence-electron chi connectivity index (χ0n) is 21.3.